The minimum Gasteiger partial charge on any atom is -0.478 e. The molecular formula is C15H7ClF2N2O2. The smallest absolute Gasteiger partial charge is 0.335 e. The topological polar surface area (TPSA) is 63.1 Å². The Balaban J connectivity index is 2.35. The van der Waals surface area contributed by atoms with Gasteiger partial charge >= 0.3 is 5.97 Å². The monoisotopic (exact) mass is 320 g/mol. The van der Waals surface area contributed by atoms with Crippen molar-refractivity contribution in [3.05, 3.63) is 58.9 Å². The second-order valence-corrected chi connectivity index (χ2v) is 4.91. The third kappa shape index (κ3) is 2.37. The van der Waals surface area contributed by atoms with Crippen molar-refractivity contribution in [1.82, 2.24) is 9.97 Å². The van der Waals surface area contributed by atoms with E-state index in [1.54, 1.807) is 0 Å². The molecule has 0 amide bonds. The van der Waals surface area contributed by atoms with Gasteiger partial charge < -0.3 is 5.11 Å². The highest BCUT2D eigenvalue weighted by Gasteiger charge is 2.16. The SMILES string of the molecule is O=C(O)c1ccc2c(F)cnc(-c3ncc(F)cc3Cl)c2c1. The lowest BCUT2D eigenvalue weighted by molar-refractivity contribution is 0.0697. The summed E-state index contributed by atoms with van der Waals surface area (Å²) in [6.07, 6.45) is 1.94. The van der Waals surface area contributed by atoms with Gasteiger partial charge in [-0.25, -0.2) is 18.6 Å². The van der Waals surface area contributed by atoms with Crippen LogP contribution < -0.4 is 0 Å². The lowest BCUT2D eigenvalue weighted by Crippen LogP contribution is -1.98. The second kappa shape index (κ2) is 5.31. The predicted octanol–water partition coefficient (Wildman–Crippen LogP) is 3.93. The third-order valence-corrected chi connectivity index (χ3v) is 3.41. The molecule has 110 valence electrons. The Morgan fingerprint density at radius 1 is 1.05 bits per heavy atom. The Hall–Kier alpha value is -2.60. The van der Waals surface area contributed by atoms with Crippen molar-refractivity contribution in [3.63, 3.8) is 0 Å². The van der Waals surface area contributed by atoms with Gasteiger partial charge in [-0.05, 0) is 18.2 Å². The summed E-state index contributed by atoms with van der Waals surface area (Å²) in [6.45, 7) is 0. The highest BCUT2D eigenvalue weighted by Crippen LogP contribution is 2.32. The third-order valence-electron chi connectivity index (χ3n) is 3.12. The van der Waals surface area contributed by atoms with Crippen LogP contribution in [0.3, 0.4) is 0 Å². The Morgan fingerprint density at radius 3 is 2.45 bits per heavy atom. The van der Waals surface area contributed by atoms with Crippen molar-refractivity contribution in [2.24, 2.45) is 0 Å². The Morgan fingerprint density at radius 2 is 1.77 bits per heavy atom. The first-order valence-electron chi connectivity index (χ1n) is 6.10. The number of carboxylic acids is 1. The van der Waals surface area contributed by atoms with E-state index in [4.69, 9.17) is 16.7 Å². The first-order chi connectivity index (χ1) is 10.5. The van der Waals surface area contributed by atoms with Gasteiger partial charge in [-0.15, -0.1) is 0 Å². The molecule has 0 radical (unpaired) electrons. The molecule has 0 aliphatic rings. The molecule has 1 N–H and O–H groups in total. The normalized spacial score (nSPS) is 10.9. The van der Waals surface area contributed by atoms with E-state index < -0.39 is 17.6 Å². The number of aromatic carboxylic acids is 1. The molecule has 0 spiro atoms. The molecule has 0 saturated heterocycles. The van der Waals surface area contributed by atoms with Gasteiger partial charge in [0.05, 0.1) is 28.7 Å². The number of carboxylic acid groups (broad SMARTS) is 1. The van der Waals surface area contributed by atoms with Crippen LogP contribution in [0, 0.1) is 11.6 Å². The molecule has 2 aromatic heterocycles. The van der Waals surface area contributed by atoms with Crippen LogP contribution in [0.15, 0.2) is 36.7 Å². The van der Waals surface area contributed by atoms with E-state index in [1.165, 1.54) is 18.2 Å². The molecule has 7 heteroatoms. The summed E-state index contributed by atoms with van der Waals surface area (Å²) in [5.74, 6) is -2.38. The number of hydrogen-bond acceptors (Lipinski definition) is 3. The van der Waals surface area contributed by atoms with Crippen molar-refractivity contribution in [2.75, 3.05) is 0 Å². The molecule has 0 fully saturated rings. The molecule has 0 unspecified atom stereocenters. The quantitative estimate of drug-likeness (QED) is 0.777. The standard InChI is InChI=1S/C15H7ClF2N2O2/c16-11-4-8(17)5-19-14(11)13-10-3-7(15(21)22)1-2-9(10)12(18)6-20-13/h1-6H,(H,21,22). The van der Waals surface area contributed by atoms with E-state index in [0.717, 1.165) is 18.5 Å². The number of fused-ring (bicyclic) bond motifs is 1. The van der Waals surface area contributed by atoms with E-state index >= 15 is 0 Å². The molecule has 1 aromatic carbocycles. The van der Waals surface area contributed by atoms with Crippen LogP contribution >= 0.6 is 11.6 Å². The fourth-order valence-corrected chi connectivity index (χ4v) is 2.36. The fourth-order valence-electron chi connectivity index (χ4n) is 2.12. The average Bonchev–Trinajstić information content (AvgIpc) is 2.48. The van der Waals surface area contributed by atoms with Crippen LogP contribution in [0.4, 0.5) is 8.78 Å². The largest absolute Gasteiger partial charge is 0.478 e. The minimum absolute atomic E-state index is 0.00105. The predicted molar refractivity (Wildman–Crippen MR) is 76.9 cm³/mol. The molecule has 0 bridgehead atoms. The van der Waals surface area contributed by atoms with E-state index in [0.29, 0.717) is 0 Å². The Kier molecular flexibility index (Phi) is 3.46. The zero-order valence-corrected chi connectivity index (χ0v) is 11.6. The number of benzene rings is 1. The van der Waals surface area contributed by atoms with Gasteiger partial charge in [-0.1, -0.05) is 17.7 Å². The van der Waals surface area contributed by atoms with Crippen LogP contribution in [-0.4, -0.2) is 21.0 Å². The zero-order valence-electron chi connectivity index (χ0n) is 10.8. The number of nitrogens with zero attached hydrogens (tertiary/aromatic N) is 2. The Bertz CT molecular complexity index is 915. The van der Waals surface area contributed by atoms with Crippen LogP contribution in [-0.2, 0) is 0 Å². The maximum absolute atomic E-state index is 13.9. The maximum Gasteiger partial charge on any atom is 0.335 e. The molecule has 3 rings (SSSR count). The fraction of sp³-hybridized carbons (Fsp3) is 0. The van der Waals surface area contributed by atoms with Gasteiger partial charge in [0.15, 0.2) is 0 Å². The van der Waals surface area contributed by atoms with Crippen LogP contribution in [0.1, 0.15) is 10.4 Å². The summed E-state index contributed by atoms with van der Waals surface area (Å²) in [5.41, 5.74) is 0.305. The number of rotatable bonds is 2. The zero-order chi connectivity index (χ0) is 15.9. The van der Waals surface area contributed by atoms with Gasteiger partial charge in [-0.3, -0.25) is 4.98 Å². The number of aromatic nitrogens is 2. The van der Waals surface area contributed by atoms with Gasteiger partial charge in [0.1, 0.15) is 17.3 Å². The van der Waals surface area contributed by atoms with Gasteiger partial charge in [0.2, 0.25) is 0 Å². The first kappa shape index (κ1) is 14.3. The summed E-state index contributed by atoms with van der Waals surface area (Å²) in [6, 6.07) is 4.97. The molecule has 2 heterocycles. The maximum atomic E-state index is 13.9. The lowest BCUT2D eigenvalue weighted by atomic mass is 10.0. The summed E-state index contributed by atoms with van der Waals surface area (Å²) in [4.78, 5) is 18.9. The van der Waals surface area contributed by atoms with Crippen molar-refractivity contribution in [3.8, 4) is 11.4 Å². The lowest BCUT2D eigenvalue weighted by Gasteiger charge is -2.08. The number of carbonyl (C=O) groups is 1. The summed E-state index contributed by atoms with van der Waals surface area (Å²) >= 11 is 5.95. The van der Waals surface area contributed by atoms with Crippen molar-refractivity contribution in [1.29, 1.82) is 0 Å². The van der Waals surface area contributed by atoms with Crippen LogP contribution in [0.5, 0.6) is 0 Å². The summed E-state index contributed by atoms with van der Waals surface area (Å²) in [7, 11) is 0. The molecule has 22 heavy (non-hydrogen) atoms. The Labute approximate surface area is 128 Å². The molecular weight excluding hydrogens is 314 g/mol. The summed E-state index contributed by atoms with van der Waals surface area (Å²) in [5, 5.41) is 9.48. The van der Waals surface area contributed by atoms with Crippen molar-refractivity contribution in [2.45, 2.75) is 0 Å². The van der Waals surface area contributed by atoms with E-state index in [2.05, 4.69) is 9.97 Å². The molecule has 0 aliphatic carbocycles. The molecule has 0 saturated carbocycles. The highest BCUT2D eigenvalue weighted by molar-refractivity contribution is 6.33. The van der Waals surface area contributed by atoms with Crippen LogP contribution in [0.25, 0.3) is 22.2 Å². The minimum atomic E-state index is -1.16. The number of hydrogen-bond donors (Lipinski definition) is 1. The van der Waals surface area contributed by atoms with Crippen LogP contribution in [0.2, 0.25) is 5.02 Å². The molecule has 4 nitrogen and oxygen atoms in total. The van der Waals surface area contributed by atoms with E-state index in [9.17, 15) is 13.6 Å². The second-order valence-electron chi connectivity index (χ2n) is 4.50. The van der Waals surface area contributed by atoms with Crippen molar-refractivity contribution >= 4 is 28.3 Å². The molecule has 0 aliphatic heterocycles. The first-order valence-corrected chi connectivity index (χ1v) is 6.48. The number of halogens is 3. The van der Waals surface area contributed by atoms with Crippen molar-refractivity contribution < 1.29 is 18.7 Å². The molecule has 3 aromatic rings. The van der Waals surface area contributed by atoms with E-state index in [1.807, 2.05) is 0 Å². The molecule has 0 atom stereocenters. The summed E-state index contributed by atoms with van der Waals surface area (Å²) < 4.78 is 27.0. The van der Waals surface area contributed by atoms with Gasteiger partial charge in [-0.2, -0.15) is 0 Å². The van der Waals surface area contributed by atoms with Gasteiger partial charge in [0, 0.05) is 10.8 Å². The van der Waals surface area contributed by atoms with Gasteiger partial charge in [0.25, 0.3) is 0 Å². The number of pyridine rings is 2. The van der Waals surface area contributed by atoms with E-state index in [-0.39, 0.29) is 32.7 Å². The average molecular weight is 321 g/mol. The highest BCUT2D eigenvalue weighted by atomic mass is 35.5.